The molecule has 0 unspecified atom stereocenters. The van der Waals surface area contributed by atoms with Crippen LogP contribution in [-0.2, 0) is 0 Å². The van der Waals surface area contributed by atoms with Crippen LogP contribution in [0.4, 0.5) is 8.78 Å². The summed E-state index contributed by atoms with van der Waals surface area (Å²) >= 11 is 0. The van der Waals surface area contributed by atoms with Crippen LogP contribution in [0, 0.1) is 11.6 Å². The Bertz CT molecular complexity index is 339. The number of unbranched alkanes of at least 4 members (excludes halogenated alkanes) is 6. The molecule has 0 spiro atoms. The summed E-state index contributed by atoms with van der Waals surface area (Å²) in [5.41, 5.74) is 0. The van der Waals surface area contributed by atoms with E-state index in [2.05, 4.69) is 6.92 Å². The fourth-order valence-corrected chi connectivity index (χ4v) is 1.84. The molecular formula is C15H22F2O. The molecule has 18 heavy (non-hydrogen) atoms. The summed E-state index contributed by atoms with van der Waals surface area (Å²) in [6, 6.07) is 4.01. The van der Waals surface area contributed by atoms with Gasteiger partial charge in [0, 0.05) is 0 Å². The highest BCUT2D eigenvalue weighted by Crippen LogP contribution is 2.19. The molecule has 0 aliphatic carbocycles. The summed E-state index contributed by atoms with van der Waals surface area (Å²) in [6.07, 6.45) is 8.25. The Balaban J connectivity index is 2.09. The van der Waals surface area contributed by atoms with Crippen LogP contribution in [0.5, 0.6) is 5.75 Å². The zero-order valence-electron chi connectivity index (χ0n) is 11.1. The Morgan fingerprint density at radius 1 is 0.944 bits per heavy atom. The molecule has 0 bridgehead atoms. The van der Waals surface area contributed by atoms with E-state index in [0.717, 1.165) is 18.9 Å². The Morgan fingerprint density at radius 3 is 2.33 bits per heavy atom. The number of benzene rings is 1. The molecular weight excluding hydrogens is 234 g/mol. The average molecular weight is 256 g/mol. The lowest BCUT2D eigenvalue weighted by molar-refractivity contribution is 0.284. The van der Waals surface area contributed by atoms with Gasteiger partial charge >= 0.3 is 0 Å². The quantitative estimate of drug-likeness (QED) is 0.559. The Kier molecular flexibility index (Phi) is 7.38. The standard InChI is InChI=1S/C15H22F2O/c1-2-3-4-5-6-7-8-12-18-14-11-9-10-13(16)15(14)17/h9-11H,2-8,12H2,1H3. The molecule has 0 aliphatic heterocycles. The summed E-state index contributed by atoms with van der Waals surface area (Å²) in [6.45, 7) is 2.65. The van der Waals surface area contributed by atoms with E-state index in [-0.39, 0.29) is 5.75 Å². The second-order valence-electron chi connectivity index (χ2n) is 4.52. The van der Waals surface area contributed by atoms with Gasteiger partial charge in [0.2, 0.25) is 5.82 Å². The maximum absolute atomic E-state index is 13.2. The van der Waals surface area contributed by atoms with Gasteiger partial charge in [0.1, 0.15) is 0 Å². The van der Waals surface area contributed by atoms with Gasteiger partial charge in [0.05, 0.1) is 6.61 Å². The second kappa shape index (κ2) is 8.90. The van der Waals surface area contributed by atoms with E-state index in [1.807, 2.05) is 0 Å². The van der Waals surface area contributed by atoms with Crippen molar-refractivity contribution in [2.75, 3.05) is 6.61 Å². The van der Waals surface area contributed by atoms with Gasteiger partial charge in [-0.15, -0.1) is 0 Å². The molecule has 0 amide bonds. The molecule has 1 rings (SSSR count). The molecule has 102 valence electrons. The lowest BCUT2D eigenvalue weighted by Gasteiger charge is -2.07. The molecule has 0 aliphatic rings. The molecule has 0 atom stereocenters. The third-order valence-electron chi connectivity index (χ3n) is 2.92. The highest BCUT2D eigenvalue weighted by atomic mass is 19.2. The van der Waals surface area contributed by atoms with Crippen molar-refractivity contribution in [3.05, 3.63) is 29.8 Å². The van der Waals surface area contributed by atoms with Crippen LogP contribution in [0.2, 0.25) is 0 Å². The molecule has 0 fully saturated rings. The fraction of sp³-hybridized carbons (Fsp3) is 0.600. The first-order chi connectivity index (χ1) is 8.75. The molecule has 0 saturated heterocycles. The van der Waals surface area contributed by atoms with Crippen LogP contribution in [0.1, 0.15) is 51.9 Å². The minimum atomic E-state index is -0.888. The van der Waals surface area contributed by atoms with Crippen LogP contribution in [0.3, 0.4) is 0 Å². The summed E-state index contributed by atoms with van der Waals surface area (Å²) < 4.78 is 31.3. The summed E-state index contributed by atoms with van der Waals surface area (Å²) in [5.74, 6) is -1.73. The van der Waals surface area contributed by atoms with E-state index in [0.29, 0.717) is 6.61 Å². The van der Waals surface area contributed by atoms with Gasteiger partial charge in [-0.3, -0.25) is 0 Å². The highest BCUT2D eigenvalue weighted by Gasteiger charge is 2.07. The van der Waals surface area contributed by atoms with Crippen LogP contribution in [0.25, 0.3) is 0 Å². The van der Waals surface area contributed by atoms with Crippen molar-refractivity contribution in [3.63, 3.8) is 0 Å². The van der Waals surface area contributed by atoms with Crippen molar-refractivity contribution in [2.45, 2.75) is 51.9 Å². The van der Waals surface area contributed by atoms with Gasteiger partial charge in [-0.05, 0) is 18.6 Å². The van der Waals surface area contributed by atoms with Gasteiger partial charge < -0.3 is 4.74 Å². The number of hydrogen-bond donors (Lipinski definition) is 0. The maximum atomic E-state index is 13.2. The predicted molar refractivity (Wildman–Crippen MR) is 69.8 cm³/mol. The van der Waals surface area contributed by atoms with E-state index in [1.165, 1.54) is 44.2 Å². The van der Waals surface area contributed by atoms with E-state index < -0.39 is 11.6 Å². The molecule has 3 heteroatoms. The van der Waals surface area contributed by atoms with Gasteiger partial charge in [0.25, 0.3) is 0 Å². The van der Waals surface area contributed by atoms with Gasteiger partial charge in [-0.2, -0.15) is 4.39 Å². The third-order valence-corrected chi connectivity index (χ3v) is 2.92. The minimum Gasteiger partial charge on any atom is -0.490 e. The molecule has 1 aromatic rings. The summed E-state index contributed by atoms with van der Waals surface area (Å²) in [4.78, 5) is 0. The normalized spacial score (nSPS) is 10.6. The smallest absolute Gasteiger partial charge is 0.200 e. The number of hydrogen-bond acceptors (Lipinski definition) is 1. The Hall–Kier alpha value is -1.12. The first kappa shape index (κ1) is 14.9. The van der Waals surface area contributed by atoms with E-state index in [1.54, 1.807) is 0 Å². The molecule has 0 radical (unpaired) electrons. The van der Waals surface area contributed by atoms with Crippen molar-refractivity contribution < 1.29 is 13.5 Å². The molecule has 0 N–H and O–H groups in total. The van der Waals surface area contributed by atoms with Crippen LogP contribution < -0.4 is 4.74 Å². The second-order valence-corrected chi connectivity index (χ2v) is 4.52. The number of halogens is 2. The summed E-state index contributed by atoms with van der Waals surface area (Å²) in [7, 11) is 0. The lowest BCUT2D eigenvalue weighted by atomic mass is 10.1. The van der Waals surface area contributed by atoms with Gasteiger partial charge in [-0.25, -0.2) is 4.39 Å². The molecule has 1 nitrogen and oxygen atoms in total. The molecule has 0 aromatic heterocycles. The molecule has 0 heterocycles. The lowest BCUT2D eigenvalue weighted by Crippen LogP contribution is -2.00. The molecule has 1 aromatic carbocycles. The number of rotatable bonds is 9. The first-order valence-corrected chi connectivity index (χ1v) is 6.82. The van der Waals surface area contributed by atoms with Crippen molar-refractivity contribution in [2.24, 2.45) is 0 Å². The van der Waals surface area contributed by atoms with Crippen molar-refractivity contribution in [3.8, 4) is 5.75 Å². The van der Waals surface area contributed by atoms with Crippen molar-refractivity contribution >= 4 is 0 Å². The predicted octanol–water partition coefficient (Wildman–Crippen LogP) is 5.09. The highest BCUT2D eigenvalue weighted by molar-refractivity contribution is 5.24. The van der Waals surface area contributed by atoms with E-state index >= 15 is 0 Å². The zero-order valence-corrected chi connectivity index (χ0v) is 11.1. The number of ether oxygens (including phenoxy) is 1. The maximum Gasteiger partial charge on any atom is 0.200 e. The SMILES string of the molecule is CCCCCCCCCOc1cccc(F)c1F. The average Bonchev–Trinajstić information content (AvgIpc) is 2.37. The topological polar surface area (TPSA) is 9.23 Å². The first-order valence-electron chi connectivity index (χ1n) is 6.82. The van der Waals surface area contributed by atoms with Crippen molar-refractivity contribution in [1.82, 2.24) is 0 Å². The Morgan fingerprint density at radius 2 is 1.61 bits per heavy atom. The van der Waals surface area contributed by atoms with Gasteiger partial charge in [0.15, 0.2) is 11.6 Å². The van der Waals surface area contributed by atoms with Gasteiger partial charge in [-0.1, -0.05) is 51.5 Å². The third kappa shape index (κ3) is 5.48. The van der Waals surface area contributed by atoms with E-state index in [4.69, 9.17) is 4.74 Å². The Labute approximate surface area is 108 Å². The summed E-state index contributed by atoms with van der Waals surface area (Å²) in [5, 5.41) is 0. The van der Waals surface area contributed by atoms with Crippen molar-refractivity contribution in [1.29, 1.82) is 0 Å². The molecule has 0 saturated carbocycles. The largest absolute Gasteiger partial charge is 0.490 e. The minimum absolute atomic E-state index is 0.0148. The fourth-order valence-electron chi connectivity index (χ4n) is 1.84. The van der Waals surface area contributed by atoms with Crippen LogP contribution in [0.15, 0.2) is 18.2 Å². The monoisotopic (exact) mass is 256 g/mol. The zero-order chi connectivity index (χ0) is 13.2. The van der Waals surface area contributed by atoms with Crippen LogP contribution in [-0.4, -0.2) is 6.61 Å². The van der Waals surface area contributed by atoms with Crippen LogP contribution >= 0.6 is 0 Å². The van der Waals surface area contributed by atoms with E-state index in [9.17, 15) is 8.78 Å².